The van der Waals surface area contributed by atoms with Crippen LogP contribution in [0.3, 0.4) is 0 Å². The minimum atomic E-state index is -0.409. The van der Waals surface area contributed by atoms with Crippen molar-refractivity contribution in [3.63, 3.8) is 0 Å². The fraction of sp³-hybridized carbons (Fsp3) is 0.0667. The molecule has 0 fully saturated rings. The monoisotopic (exact) mass is 380 g/mol. The molecule has 3 rings (SSSR count). The van der Waals surface area contributed by atoms with Crippen molar-refractivity contribution >= 4 is 45.6 Å². The maximum atomic E-state index is 12.1. The van der Waals surface area contributed by atoms with Crippen LogP contribution >= 0.6 is 34.5 Å². The van der Waals surface area contributed by atoms with E-state index in [1.165, 1.54) is 18.5 Å². The first-order chi connectivity index (χ1) is 11.6. The number of halogens is 2. The molecule has 1 amide bonds. The highest BCUT2D eigenvalue weighted by atomic mass is 35.5. The van der Waals surface area contributed by atoms with Crippen LogP contribution in [-0.4, -0.2) is 21.1 Å². The smallest absolute Gasteiger partial charge is 0.296 e. The van der Waals surface area contributed by atoms with Crippen molar-refractivity contribution in [3.05, 3.63) is 63.9 Å². The summed E-state index contributed by atoms with van der Waals surface area (Å²) in [7, 11) is 0. The molecule has 0 atom stereocenters. The van der Waals surface area contributed by atoms with E-state index in [2.05, 4.69) is 20.5 Å². The number of amides is 1. The van der Waals surface area contributed by atoms with Crippen molar-refractivity contribution in [3.8, 4) is 5.19 Å². The van der Waals surface area contributed by atoms with Gasteiger partial charge in [-0.2, -0.15) is 0 Å². The highest BCUT2D eigenvalue weighted by molar-refractivity contribution is 7.17. The Kier molecular flexibility index (Phi) is 5.24. The van der Waals surface area contributed by atoms with E-state index in [1.807, 2.05) is 12.1 Å². The van der Waals surface area contributed by atoms with Gasteiger partial charge in [0, 0.05) is 17.4 Å². The van der Waals surface area contributed by atoms with Crippen LogP contribution in [0.4, 0.5) is 5.13 Å². The number of aromatic nitrogens is 3. The van der Waals surface area contributed by atoms with Crippen LogP contribution in [0, 0.1) is 0 Å². The van der Waals surface area contributed by atoms with Gasteiger partial charge in [0.25, 0.3) is 11.1 Å². The fourth-order valence-corrected chi connectivity index (χ4v) is 2.66. The molecule has 9 heteroatoms. The third-order valence-corrected chi connectivity index (χ3v) is 4.25. The van der Waals surface area contributed by atoms with E-state index in [-0.39, 0.29) is 5.56 Å². The molecule has 0 bridgehead atoms. The average molecular weight is 381 g/mol. The van der Waals surface area contributed by atoms with Crippen LogP contribution in [-0.2, 0) is 6.61 Å². The number of pyridine rings is 1. The molecule has 0 aliphatic rings. The zero-order chi connectivity index (χ0) is 16.9. The van der Waals surface area contributed by atoms with Crippen LogP contribution in [0.15, 0.2) is 42.7 Å². The lowest BCUT2D eigenvalue weighted by Crippen LogP contribution is -2.12. The van der Waals surface area contributed by atoms with Crippen molar-refractivity contribution in [2.24, 2.45) is 0 Å². The Hall–Kier alpha value is -2.22. The van der Waals surface area contributed by atoms with Crippen LogP contribution < -0.4 is 10.1 Å². The minimum absolute atomic E-state index is 0.262. The van der Waals surface area contributed by atoms with E-state index in [9.17, 15) is 4.79 Å². The second-order valence-corrected chi connectivity index (χ2v) is 6.38. The van der Waals surface area contributed by atoms with Gasteiger partial charge in [0.15, 0.2) is 0 Å². The molecule has 2 aromatic heterocycles. The molecule has 0 aliphatic heterocycles. The molecule has 24 heavy (non-hydrogen) atoms. The Bertz CT molecular complexity index is 855. The van der Waals surface area contributed by atoms with Gasteiger partial charge in [-0.3, -0.25) is 15.1 Å². The van der Waals surface area contributed by atoms with Crippen molar-refractivity contribution in [1.82, 2.24) is 15.2 Å². The number of hydrogen-bond donors (Lipinski definition) is 1. The highest BCUT2D eigenvalue weighted by Gasteiger charge is 2.13. The second-order valence-electron chi connectivity index (χ2n) is 4.60. The zero-order valence-corrected chi connectivity index (χ0v) is 14.4. The number of anilines is 1. The molecular formula is C15H10Cl2N4O2S. The topological polar surface area (TPSA) is 77.0 Å². The maximum Gasteiger partial charge on any atom is 0.296 e. The first-order valence-electron chi connectivity index (χ1n) is 6.73. The normalized spacial score (nSPS) is 10.4. The summed E-state index contributed by atoms with van der Waals surface area (Å²) in [6.45, 7) is 0.328. The van der Waals surface area contributed by atoms with Crippen LogP contribution in [0.1, 0.15) is 15.9 Å². The number of ether oxygens (including phenoxy) is 1. The molecule has 122 valence electrons. The summed E-state index contributed by atoms with van der Waals surface area (Å²) in [5.74, 6) is -0.409. The zero-order valence-electron chi connectivity index (χ0n) is 12.1. The Morgan fingerprint density at radius 2 is 1.96 bits per heavy atom. The van der Waals surface area contributed by atoms with Gasteiger partial charge in [0.2, 0.25) is 5.13 Å². The molecular weight excluding hydrogens is 371 g/mol. The lowest BCUT2D eigenvalue weighted by molar-refractivity contribution is 0.102. The second kappa shape index (κ2) is 7.57. The van der Waals surface area contributed by atoms with Crippen molar-refractivity contribution in [1.29, 1.82) is 0 Å². The van der Waals surface area contributed by atoms with Crippen LogP contribution in [0.25, 0.3) is 0 Å². The van der Waals surface area contributed by atoms with Gasteiger partial charge in [-0.25, -0.2) is 0 Å². The average Bonchev–Trinajstić information content (AvgIpc) is 3.02. The Labute approximate surface area is 151 Å². The molecule has 0 saturated carbocycles. The quantitative estimate of drug-likeness (QED) is 0.721. The van der Waals surface area contributed by atoms with Crippen LogP contribution in [0.5, 0.6) is 5.19 Å². The molecule has 1 aromatic carbocycles. The molecule has 2 heterocycles. The van der Waals surface area contributed by atoms with Gasteiger partial charge in [0.05, 0.1) is 10.6 Å². The minimum Gasteiger partial charge on any atom is -0.464 e. The van der Waals surface area contributed by atoms with Gasteiger partial charge in [-0.1, -0.05) is 40.4 Å². The standard InChI is InChI=1S/C15H10Cl2N4O2S/c16-10-3-1-9(2-4-10)8-23-15-21-20-14(24-15)19-13(22)11-7-18-6-5-12(11)17/h1-7H,8H2,(H,19,20,22). The number of carbonyl (C=O) groups excluding carboxylic acids is 1. The lowest BCUT2D eigenvalue weighted by atomic mass is 10.2. The Balaban J connectivity index is 1.60. The first-order valence-corrected chi connectivity index (χ1v) is 8.30. The molecule has 0 radical (unpaired) electrons. The van der Waals surface area contributed by atoms with Gasteiger partial charge >= 0.3 is 0 Å². The molecule has 0 aliphatic carbocycles. The summed E-state index contributed by atoms with van der Waals surface area (Å²) in [6, 6.07) is 8.82. The predicted octanol–water partition coefficient (Wildman–Crippen LogP) is 4.07. The van der Waals surface area contributed by atoms with Gasteiger partial charge in [0.1, 0.15) is 6.61 Å². The van der Waals surface area contributed by atoms with E-state index in [0.717, 1.165) is 16.9 Å². The summed E-state index contributed by atoms with van der Waals surface area (Å²) in [6.07, 6.45) is 2.89. The van der Waals surface area contributed by atoms with E-state index in [4.69, 9.17) is 27.9 Å². The predicted molar refractivity (Wildman–Crippen MR) is 92.9 cm³/mol. The number of benzene rings is 1. The third kappa shape index (κ3) is 4.19. The summed E-state index contributed by atoms with van der Waals surface area (Å²) >= 11 is 12.9. The van der Waals surface area contributed by atoms with Crippen molar-refractivity contribution in [2.75, 3.05) is 5.32 Å². The number of carbonyl (C=O) groups is 1. The summed E-state index contributed by atoms with van der Waals surface area (Å²) < 4.78 is 5.54. The summed E-state index contributed by atoms with van der Waals surface area (Å²) in [5, 5.41) is 12.0. The Morgan fingerprint density at radius 1 is 1.17 bits per heavy atom. The van der Waals surface area contributed by atoms with Gasteiger partial charge < -0.3 is 4.74 Å². The van der Waals surface area contributed by atoms with E-state index < -0.39 is 5.91 Å². The maximum absolute atomic E-state index is 12.1. The number of hydrogen-bond acceptors (Lipinski definition) is 6. The van der Waals surface area contributed by atoms with Gasteiger partial charge in [-0.15, -0.1) is 5.10 Å². The third-order valence-electron chi connectivity index (χ3n) is 2.91. The first kappa shape index (κ1) is 16.6. The molecule has 0 unspecified atom stereocenters. The van der Waals surface area contributed by atoms with Crippen molar-refractivity contribution in [2.45, 2.75) is 6.61 Å². The number of rotatable bonds is 5. The van der Waals surface area contributed by atoms with Crippen molar-refractivity contribution < 1.29 is 9.53 Å². The van der Waals surface area contributed by atoms with Crippen LogP contribution in [0.2, 0.25) is 10.0 Å². The summed E-state index contributed by atoms with van der Waals surface area (Å²) in [5.41, 5.74) is 1.21. The van der Waals surface area contributed by atoms with E-state index >= 15 is 0 Å². The highest BCUT2D eigenvalue weighted by Crippen LogP contribution is 2.24. The Morgan fingerprint density at radius 3 is 2.71 bits per heavy atom. The molecule has 6 nitrogen and oxygen atoms in total. The SMILES string of the molecule is O=C(Nc1nnc(OCc2ccc(Cl)cc2)s1)c1cnccc1Cl. The fourth-order valence-electron chi connectivity index (χ4n) is 1.75. The van der Waals surface area contributed by atoms with E-state index in [0.29, 0.717) is 27.0 Å². The molecule has 0 saturated heterocycles. The largest absolute Gasteiger partial charge is 0.464 e. The van der Waals surface area contributed by atoms with Gasteiger partial charge in [-0.05, 0) is 35.1 Å². The lowest BCUT2D eigenvalue weighted by Gasteiger charge is -2.02. The molecule has 3 aromatic rings. The summed E-state index contributed by atoms with van der Waals surface area (Å²) in [4.78, 5) is 16.0. The van der Waals surface area contributed by atoms with E-state index in [1.54, 1.807) is 12.1 Å². The molecule has 0 spiro atoms. The number of nitrogens with zero attached hydrogens (tertiary/aromatic N) is 3. The number of nitrogens with one attached hydrogen (secondary N) is 1. The molecule has 1 N–H and O–H groups in total.